The standard InChI is InChI=1S/C24H29ClN4O2.C19H26ClN3O3S.C17H20ClN3O2.C15H18ClF2N3O3S/c1-15-4-6-19(7-5-15)27-23(31)29-10-8-17(9-11-29)24(2,3)22(30)20-13-18(25)12-16-14-26-28-21(16)20;1-19(2,12-7-14-4-5-15(8-12)23(14)27(3,25)26)18(24)16-9-13(20)6-11-10-21-22-17(11)16;1-11(22)21-4-2-16(3-5-21)9-17(23,10-16)14-7-13(18)6-12-8-19-20-15(12)14;1-25(23,24)21-4-2-10(3-5-21)15(17,18)14(22)12-7-11(16)6-9-8-19-20-13(9)12/h4-7,12-14,17,22,30H,8-11H2,1-3H3,(H,26,28)(H,27,31);6,9-10,12,14-15,18,24H,4-5,7-8H2,1-3H3,(H,21,22);6-8,23H,2-5,9-10H2,1H3,(H,19,20);6-8,10,14,22H,2-5H2,1H3,(H,19,20)/t22-;12?,14-,15+,18?;;/m1.../s1. The van der Waals surface area contributed by atoms with E-state index in [0.29, 0.717) is 39.1 Å². The maximum Gasteiger partial charge on any atom is 0.321 e. The number of aryl methyl sites for hydroxylation is 1. The predicted octanol–water partition coefficient (Wildman–Crippen LogP) is 14.4. The monoisotopic (exact) mass is 1580 g/mol. The van der Waals surface area contributed by atoms with Crippen molar-refractivity contribution < 1.29 is 55.6 Å². The zero-order valence-corrected chi connectivity index (χ0v) is 65.1. The van der Waals surface area contributed by atoms with Gasteiger partial charge in [0.05, 0.1) is 77.2 Å². The van der Waals surface area contributed by atoms with Crippen LogP contribution in [0.15, 0.2) is 97.6 Å². The van der Waals surface area contributed by atoms with Crippen LogP contribution < -0.4 is 5.32 Å². The van der Waals surface area contributed by atoms with Crippen LogP contribution in [0.1, 0.15) is 158 Å². The van der Waals surface area contributed by atoms with Gasteiger partial charge in [-0.1, -0.05) is 91.8 Å². The molecule has 5 aromatic carbocycles. The molecule has 1 spiro atoms. The molecule has 106 heavy (non-hydrogen) atoms. The van der Waals surface area contributed by atoms with Crippen LogP contribution in [0, 0.1) is 40.9 Å². The van der Waals surface area contributed by atoms with Crippen LogP contribution in [0.2, 0.25) is 20.1 Å². The average molecular weight is 1580 g/mol. The maximum atomic E-state index is 14.9. The van der Waals surface area contributed by atoms with Gasteiger partial charge >= 0.3 is 6.03 Å². The molecule has 4 aromatic heterocycles. The molecule has 3 amide bonds. The van der Waals surface area contributed by atoms with Gasteiger partial charge in [0.1, 0.15) is 6.10 Å². The number of sulfonamides is 2. The molecule has 1 saturated carbocycles. The first kappa shape index (κ1) is 79.0. The number of amides is 3. The number of rotatable bonds is 13. The van der Waals surface area contributed by atoms with E-state index in [2.05, 4.69) is 73.8 Å². The first-order chi connectivity index (χ1) is 49.8. The highest BCUT2D eigenvalue weighted by atomic mass is 35.5. The lowest BCUT2D eigenvalue weighted by atomic mass is 9.53. The lowest BCUT2D eigenvalue weighted by Gasteiger charge is -2.57. The van der Waals surface area contributed by atoms with Crippen molar-refractivity contribution in [2.75, 3.05) is 57.1 Å². The Balaban J connectivity index is 0.000000133. The first-order valence-electron chi connectivity index (χ1n) is 35.8. The Labute approximate surface area is 635 Å². The Hall–Kier alpha value is -6.60. The Morgan fingerprint density at radius 1 is 0.557 bits per heavy atom. The molecular formula is C75H93Cl4F2N13O10S2. The highest BCUT2D eigenvalue weighted by Gasteiger charge is 2.57. The van der Waals surface area contributed by atoms with Gasteiger partial charge in [-0.05, 0) is 173 Å². The minimum atomic E-state index is -3.42. The van der Waals surface area contributed by atoms with Crippen molar-refractivity contribution >= 4 is 128 Å². The van der Waals surface area contributed by atoms with Crippen LogP contribution in [0.4, 0.5) is 19.3 Å². The highest BCUT2D eigenvalue weighted by molar-refractivity contribution is 7.88. The summed E-state index contributed by atoms with van der Waals surface area (Å²) in [5, 5.41) is 80.0. The van der Waals surface area contributed by atoms with E-state index < -0.39 is 61.2 Å². The molecule has 9 aromatic rings. The van der Waals surface area contributed by atoms with Crippen LogP contribution in [-0.2, 0) is 30.4 Å². The second-order valence-electron chi connectivity index (χ2n) is 31.3. The van der Waals surface area contributed by atoms with Gasteiger partial charge < -0.3 is 35.5 Å². The average Bonchev–Trinajstić information content (AvgIpc) is 1.06. The number of piperidine rings is 4. The number of hydrogen-bond donors (Lipinski definition) is 9. The van der Waals surface area contributed by atoms with Gasteiger partial charge in [-0.25, -0.2) is 34.7 Å². The maximum absolute atomic E-state index is 14.9. The summed E-state index contributed by atoms with van der Waals surface area (Å²) in [7, 11) is -6.59. The molecule has 23 nitrogen and oxygen atoms in total. The predicted molar refractivity (Wildman–Crippen MR) is 409 cm³/mol. The van der Waals surface area contributed by atoms with Crippen LogP contribution >= 0.6 is 46.4 Å². The zero-order valence-electron chi connectivity index (χ0n) is 60.5. The number of aliphatic hydroxyl groups is 4. The molecule has 3 unspecified atom stereocenters. The molecule has 1 aliphatic carbocycles. The van der Waals surface area contributed by atoms with Gasteiger partial charge in [-0.2, -0.15) is 24.7 Å². The molecule has 5 aliphatic heterocycles. The number of carbonyl (C=O) groups excluding carboxylic acids is 2. The minimum Gasteiger partial charge on any atom is -0.388 e. The quantitative estimate of drug-likeness (QED) is 0.0518. The number of aromatic nitrogens is 8. The second kappa shape index (κ2) is 30.7. The Bertz CT molecular complexity index is 4900. The van der Waals surface area contributed by atoms with Crippen LogP contribution in [0.25, 0.3) is 43.6 Å². The summed E-state index contributed by atoms with van der Waals surface area (Å²) in [5.41, 5.74) is 5.59. The third-order valence-corrected chi connectivity index (χ3v) is 27.2. The van der Waals surface area contributed by atoms with Gasteiger partial charge in [0.15, 0.2) is 0 Å². The second-order valence-corrected chi connectivity index (χ2v) is 36.9. The number of benzene rings is 5. The molecule has 15 rings (SSSR count). The summed E-state index contributed by atoms with van der Waals surface area (Å²) in [4.78, 5) is 27.9. The number of fused-ring (bicyclic) bond motifs is 6. The summed E-state index contributed by atoms with van der Waals surface area (Å²) < 4.78 is 80.0. The molecule has 9 N–H and O–H groups in total. The number of aromatic amines is 4. The number of alkyl halides is 2. The molecule has 31 heteroatoms. The summed E-state index contributed by atoms with van der Waals surface area (Å²) in [6.45, 7) is 14.9. The number of H-pyrrole nitrogens is 4. The third kappa shape index (κ3) is 16.5. The number of nitrogens with one attached hydrogen (secondary N) is 5. The van der Waals surface area contributed by atoms with E-state index in [0.717, 1.165) is 144 Å². The molecule has 0 radical (unpaired) electrons. The van der Waals surface area contributed by atoms with Crippen molar-refractivity contribution in [3.63, 3.8) is 0 Å². The summed E-state index contributed by atoms with van der Waals surface area (Å²) >= 11 is 24.7. The normalized spacial score (nSPS) is 21.4. The van der Waals surface area contributed by atoms with Crippen molar-refractivity contribution in [1.82, 2.24) is 59.2 Å². The third-order valence-electron chi connectivity index (χ3n) is 23.6. The van der Waals surface area contributed by atoms with Gasteiger partial charge in [-0.15, -0.1) is 0 Å². The summed E-state index contributed by atoms with van der Waals surface area (Å²) in [6, 6.07) is 21.7. The molecule has 6 aliphatic rings. The van der Waals surface area contributed by atoms with E-state index >= 15 is 0 Å². The Morgan fingerprint density at radius 2 is 0.962 bits per heavy atom. The molecule has 9 heterocycles. The van der Waals surface area contributed by atoms with Crippen molar-refractivity contribution in [3.05, 3.63) is 145 Å². The molecule has 5 saturated heterocycles. The van der Waals surface area contributed by atoms with E-state index in [1.807, 2.05) is 71.3 Å². The Kier molecular flexibility index (Phi) is 22.9. The van der Waals surface area contributed by atoms with Crippen molar-refractivity contribution in [2.24, 2.45) is 34.0 Å². The smallest absolute Gasteiger partial charge is 0.321 e. The van der Waals surface area contributed by atoms with Crippen LogP contribution in [0.5, 0.6) is 0 Å². The number of carbonyl (C=O) groups is 2. The van der Waals surface area contributed by atoms with E-state index in [4.69, 9.17) is 46.4 Å². The SMILES string of the molecule is CC(=O)N1CCC2(CC1)CC(O)(c1cc(Cl)cc3cn[nH]c13)C2.CC(C)(C1C[C@H]2CC[C@@H](C1)N2S(C)(=O)=O)C(O)c1cc(Cl)cc2cn[nH]c12.CS(=O)(=O)N1CCC(C(F)(F)C(O)c2cc(Cl)cc3cn[nH]c23)CC1.Cc1ccc(NC(=O)N2CCC(C(C)(C)[C@H](O)c3cc(Cl)cc4cn[nH]c34)CC2)cc1. The van der Waals surface area contributed by atoms with E-state index in [1.165, 1.54) is 22.8 Å². The summed E-state index contributed by atoms with van der Waals surface area (Å²) in [5.74, 6) is -3.92. The lowest BCUT2D eigenvalue weighted by molar-refractivity contribution is -0.160. The number of urea groups is 1. The number of nitrogens with zero attached hydrogens (tertiary/aromatic N) is 8. The zero-order chi connectivity index (χ0) is 76.4. The van der Waals surface area contributed by atoms with E-state index in [9.17, 15) is 55.6 Å². The molecular weight excluding hydrogens is 1490 g/mol. The number of halogens is 6. The first-order valence-corrected chi connectivity index (χ1v) is 41.0. The molecule has 572 valence electrons. The largest absolute Gasteiger partial charge is 0.388 e. The topological polar surface area (TPSA) is 323 Å². The fourth-order valence-corrected chi connectivity index (χ4v) is 20.7. The van der Waals surface area contributed by atoms with Gasteiger partial charge in [0.2, 0.25) is 26.0 Å². The fraction of sp³-hybridized carbons (Fsp3) is 0.520. The summed E-state index contributed by atoms with van der Waals surface area (Å²) in [6.07, 6.45) is 13.8. The number of anilines is 1. The molecule has 6 fully saturated rings. The van der Waals surface area contributed by atoms with Crippen LogP contribution in [0.3, 0.4) is 0 Å². The van der Waals surface area contributed by atoms with E-state index in [-0.39, 0.29) is 83.2 Å². The van der Waals surface area contributed by atoms with Gasteiger partial charge in [0.25, 0.3) is 5.92 Å². The van der Waals surface area contributed by atoms with Crippen molar-refractivity contribution in [1.29, 1.82) is 0 Å². The molecule has 6 atom stereocenters. The van der Waals surface area contributed by atoms with Crippen LogP contribution in [-0.4, -0.2) is 178 Å². The molecule has 2 bridgehead atoms. The van der Waals surface area contributed by atoms with Crippen molar-refractivity contribution in [3.8, 4) is 0 Å². The number of aliphatic hydroxyl groups excluding tert-OH is 3. The Morgan fingerprint density at radius 3 is 1.40 bits per heavy atom. The highest BCUT2D eigenvalue weighted by Crippen LogP contribution is 2.60. The number of likely N-dealkylation sites (tertiary alicyclic amines) is 2. The van der Waals surface area contributed by atoms with E-state index in [1.54, 1.807) is 42.0 Å². The van der Waals surface area contributed by atoms with Crippen molar-refractivity contribution in [2.45, 2.75) is 161 Å². The number of hydrogen-bond acceptors (Lipinski definition) is 14. The fourth-order valence-electron chi connectivity index (χ4n) is 17.4. The minimum absolute atomic E-state index is 0.0147. The lowest BCUT2D eigenvalue weighted by Crippen LogP contribution is -2.55. The van der Waals surface area contributed by atoms with Gasteiger partial charge in [0, 0.05) is 134 Å². The van der Waals surface area contributed by atoms with Gasteiger partial charge in [-0.3, -0.25) is 25.2 Å².